The highest BCUT2D eigenvalue weighted by molar-refractivity contribution is 5.29. The third-order valence-electron chi connectivity index (χ3n) is 11.3. The van der Waals surface area contributed by atoms with E-state index in [1.165, 1.54) is 32.1 Å². The van der Waals surface area contributed by atoms with E-state index in [9.17, 15) is 10.2 Å². The zero-order chi connectivity index (χ0) is 24.7. The maximum absolute atomic E-state index is 10.4. The molecule has 0 spiro atoms. The average molecular weight is 475 g/mol. The smallest absolute Gasteiger partial charge is 0.164 e. The second kappa shape index (κ2) is 8.04. The molecule has 1 aliphatic heterocycles. The summed E-state index contributed by atoms with van der Waals surface area (Å²) in [5.74, 6) is 1.84. The van der Waals surface area contributed by atoms with Crippen LogP contribution in [0.2, 0.25) is 0 Å². The largest absolute Gasteiger partial charge is 0.393 e. The quantitative estimate of drug-likeness (QED) is 0.464. The summed E-state index contributed by atoms with van der Waals surface area (Å²) in [5.41, 5.74) is 1.31. The summed E-state index contributed by atoms with van der Waals surface area (Å²) in [4.78, 5) is 0. The van der Waals surface area contributed by atoms with Gasteiger partial charge in [-0.05, 0) is 133 Å². The molecule has 3 saturated carbocycles. The Balaban J connectivity index is 1.42. The predicted molar refractivity (Wildman–Crippen MR) is 135 cm³/mol. The fourth-order valence-electron chi connectivity index (χ4n) is 9.64. The summed E-state index contributed by atoms with van der Waals surface area (Å²) in [5, 5.41) is 20.8. The van der Waals surface area contributed by atoms with Gasteiger partial charge in [0.2, 0.25) is 0 Å². The van der Waals surface area contributed by atoms with E-state index < -0.39 is 11.4 Å². The van der Waals surface area contributed by atoms with E-state index in [2.05, 4.69) is 40.7 Å². The predicted octanol–water partition coefficient (Wildman–Crippen LogP) is 6.39. The minimum Gasteiger partial charge on any atom is -0.393 e. The van der Waals surface area contributed by atoms with Crippen molar-refractivity contribution < 1.29 is 19.7 Å². The molecule has 2 N–H and O–H groups in total. The standard InChI is InChI=1S/C30H50O4/c1-26(2,32)15-14-25-30(7,34-27(3,4)33-25)24-11-10-22-21-9-8-19-18-20(31)12-16-28(19,5)23(21)13-17-29(22,24)6/h9,19-20,22-25,31-32H,8,10-18H2,1-7H3/t19-,20+,22+,23+,24+,25-,28+,29+,30-/m1/s1. The lowest BCUT2D eigenvalue weighted by atomic mass is 9.47. The van der Waals surface area contributed by atoms with Crippen LogP contribution in [0, 0.1) is 34.5 Å². The Morgan fingerprint density at radius 3 is 2.35 bits per heavy atom. The minimum atomic E-state index is -0.691. The molecule has 1 saturated heterocycles. The Morgan fingerprint density at radius 2 is 1.65 bits per heavy atom. The summed E-state index contributed by atoms with van der Waals surface area (Å²) in [6, 6.07) is 0. The van der Waals surface area contributed by atoms with Crippen LogP contribution in [0.5, 0.6) is 0 Å². The SMILES string of the molecule is CC(C)(O)CC[C@H]1OC(C)(C)O[C@]1(C)[C@H]1CC[C@H]2C3=CC[C@@H]4C[C@@H](O)CC[C@]4(C)[C@H]3CC[C@@]21C. The van der Waals surface area contributed by atoms with E-state index in [4.69, 9.17) is 9.47 Å². The normalized spacial score (nSPS) is 50.3. The summed E-state index contributed by atoms with van der Waals surface area (Å²) in [7, 11) is 0. The van der Waals surface area contributed by atoms with Crippen LogP contribution in [0.1, 0.15) is 113 Å². The zero-order valence-electron chi connectivity index (χ0n) is 22.8. The van der Waals surface area contributed by atoms with Crippen molar-refractivity contribution >= 4 is 0 Å². The van der Waals surface area contributed by atoms with Gasteiger partial charge in [-0.25, -0.2) is 0 Å². The molecule has 1 heterocycles. The van der Waals surface area contributed by atoms with Gasteiger partial charge in [-0.15, -0.1) is 0 Å². The fourth-order valence-corrected chi connectivity index (χ4v) is 9.64. The molecule has 5 rings (SSSR count). The summed E-state index contributed by atoms with van der Waals surface area (Å²) >= 11 is 0. The molecule has 0 aromatic carbocycles. The van der Waals surface area contributed by atoms with Crippen molar-refractivity contribution in [3.8, 4) is 0 Å². The molecule has 0 bridgehead atoms. The van der Waals surface area contributed by atoms with E-state index >= 15 is 0 Å². The Labute approximate surface area is 207 Å². The molecule has 0 aromatic heterocycles. The first-order chi connectivity index (χ1) is 15.7. The third kappa shape index (κ3) is 3.94. The lowest BCUT2D eigenvalue weighted by Crippen LogP contribution is -2.54. The first-order valence-corrected chi connectivity index (χ1v) is 14.2. The highest BCUT2D eigenvalue weighted by Crippen LogP contribution is 2.68. The molecular formula is C30H50O4. The highest BCUT2D eigenvalue weighted by atomic mass is 16.8. The number of aliphatic hydroxyl groups excluding tert-OH is 1. The number of fused-ring (bicyclic) bond motifs is 5. The van der Waals surface area contributed by atoms with Crippen LogP contribution >= 0.6 is 0 Å². The molecule has 0 radical (unpaired) electrons. The Hall–Kier alpha value is -0.420. The van der Waals surface area contributed by atoms with Crippen LogP contribution in [0.4, 0.5) is 0 Å². The molecule has 4 fully saturated rings. The number of aliphatic hydroxyl groups is 2. The summed E-state index contributed by atoms with van der Waals surface area (Å²) in [6.07, 6.45) is 13.3. The van der Waals surface area contributed by atoms with E-state index in [0.717, 1.165) is 32.1 Å². The lowest BCUT2D eigenvalue weighted by molar-refractivity contribution is -0.179. The van der Waals surface area contributed by atoms with Gasteiger partial charge in [-0.3, -0.25) is 0 Å². The van der Waals surface area contributed by atoms with Gasteiger partial charge in [0.25, 0.3) is 0 Å². The van der Waals surface area contributed by atoms with E-state index in [1.807, 2.05) is 13.8 Å². The third-order valence-corrected chi connectivity index (χ3v) is 11.3. The van der Waals surface area contributed by atoms with Crippen LogP contribution in [0.15, 0.2) is 11.6 Å². The van der Waals surface area contributed by atoms with Crippen LogP contribution in [0.25, 0.3) is 0 Å². The molecule has 5 aliphatic rings. The average Bonchev–Trinajstić information content (AvgIpc) is 3.19. The maximum Gasteiger partial charge on any atom is 0.164 e. The van der Waals surface area contributed by atoms with Gasteiger partial charge in [0.15, 0.2) is 5.79 Å². The van der Waals surface area contributed by atoms with Gasteiger partial charge in [0.1, 0.15) is 0 Å². The van der Waals surface area contributed by atoms with Crippen molar-refractivity contribution in [3.05, 3.63) is 11.6 Å². The second-order valence-corrected chi connectivity index (χ2v) is 14.5. The van der Waals surface area contributed by atoms with Gasteiger partial charge in [-0.1, -0.05) is 25.5 Å². The van der Waals surface area contributed by atoms with Crippen LogP contribution in [0.3, 0.4) is 0 Å². The van der Waals surface area contributed by atoms with E-state index in [0.29, 0.717) is 29.1 Å². The highest BCUT2D eigenvalue weighted by Gasteiger charge is 2.65. The van der Waals surface area contributed by atoms with Crippen molar-refractivity contribution in [3.63, 3.8) is 0 Å². The van der Waals surface area contributed by atoms with Gasteiger partial charge < -0.3 is 19.7 Å². The van der Waals surface area contributed by atoms with Crippen molar-refractivity contribution in [2.75, 3.05) is 0 Å². The monoisotopic (exact) mass is 474 g/mol. The number of ether oxygens (including phenoxy) is 2. The molecule has 4 heteroatoms. The molecule has 9 atom stereocenters. The first kappa shape index (κ1) is 25.2. The van der Waals surface area contributed by atoms with Crippen molar-refractivity contribution in [2.24, 2.45) is 34.5 Å². The number of allylic oxidation sites excluding steroid dienone is 2. The number of rotatable bonds is 4. The number of hydrogen-bond donors (Lipinski definition) is 2. The Kier molecular flexibility index (Phi) is 5.97. The minimum absolute atomic E-state index is 0.00860. The molecule has 194 valence electrons. The maximum atomic E-state index is 10.4. The van der Waals surface area contributed by atoms with E-state index in [-0.39, 0.29) is 23.2 Å². The topological polar surface area (TPSA) is 58.9 Å². The Morgan fingerprint density at radius 1 is 0.971 bits per heavy atom. The van der Waals surface area contributed by atoms with Crippen LogP contribution in [-0.4, -0.2) is 39.4 Å². The van der Waals surface area contributed by atoms with Gasteiger partial charge in [0, 0.05) is 0 Å². The Bertz CT molecular complexity index is 826. The van der Waals surface area contributed by atoms with Gasteiger partial charge in [-0.2, -0.15) is 0 Å². The fraction of sp³-hybridized carbons (Fsp3) is 0.933. The molecule has 4 aliphatic carbocycles. The molecule has 0 aromatic rings. The van der Waals surface area contributed by atoms with Gasteiger partial charge >= 0.3 is 0 Å². The summed E-state index contributed by atoms with van der Waals surface area (Å²) < 4.78 is 13.3. The van der Waals surface area contributed by atoms with Crippen molar-refractivity contribution in [1.82, 2.24) is 0 Å². The first-order valence-electron chi connectivity index (χ1n) is 14.2. The van der Waals surface area contributed by atoms with Gasteiger partial charge in [0.05, 0.1) is 23.4 Å². The lowest BCUT2D eigenvalue weighted by Gasteiger charge is -2.58. The second-order valence-electron chi connectivity index (χ2n) is 14.5. The van der Waals surface area contributed by atoms with E-state index in [1.54, 1.807) is 5.57 Å². The van der Waals surface area contributed by atoms with Crippen molar-refractivity contribution in [1.29, 1.82) is 0 Å². The van der Waals surface area contributed by atoms with Crippen LogP contribution < -0.4 is 0 Å². The molecule has 34 heavy (non-hydrogen) atoms. The summed E-state index contributed by atoms with van der Waals surface area (Å²) in [6.45, 7) is 15.3. The number of hydrogen-bond acceptors (Lipinski definition) is 4. The molecule has 0 unspecified atom stereocenters. The molecule has 4 nitrogen and oxygen atoms in total. The zero-order valence-corrected chi connectivity index (χ0v) is 22.8. The van der Waals surface area contributed by atoms with Crippen molar-refractivity contribution in [2.45, 2.75) is 142 Å². The molecule has 0 amide bonds. The molecular weight excluding hydrogens is 424 g/mol. The van der Waals surface area contributed by atoms with Crippen LogP contribution in [-0.2, 0) is 9.47 Å².